The maximum absolute atomic E-state index is 13.3. The second kappa shape index (κ2) is 3.29. The summed E-state index contributed by atoms with van der Waals surface area (Å²) in [6, 6.07) is 3.10. The first kappa shape index (κ1) is 9.55. The normalized spacial score (nSPS) is 26.8. The molecular formula is C10H11F2NO. The maximum Gasteiger partial charge on any atom is 0.145 e. The van der Waals surface area contributed by atoms with Gasteiger partial charge in [0.2, 0.25) is 0 Å². The van der Waals surface area contributed by atoms with E-state index in [-0.39, 0.29) is 5.56 Å². The Morgan fingerprint density at radius 3 is 2.79 bits per heavy atom. The van der Waals surface area contributed by atoms with Gasteiger partial charge in [0.15, 0.2) is 0 Å². The van der Waals surface area contributed by atoms with E-state index in [0.717, 1.165) is 24.6 Å². The Hall–Kier alpha value is -1.00. The van der Waals surface area contributed by atoms with Crippen LogP contribution in [0.4, 0.5) is 8.78 Å². The molecule has 14 heavy (non-hydrogen) atoms. The molecule has 0 amide bonds. The molecule has 0 bridgehead atoms. The SMILES string of the molecule is OC1(c2cc(F)ccc2F)CCCN1. The van der Waals surface area contributed by atoms with Gasteiger partial charge in [-0.25, -0.2) is 8.78 Å². The molecule has 1 aliphatic heterocycles. The smallest absolute Gasteiger partial charge is 0.145 e. The molecule has 1 unspecified atom stereocenters. The highest BCUT2D eigenvalue weighted by atomic mass is 19.1. The molecule has 76 valence electrons. The van der Waals surface area contributed by atoms with E-state index < -0.39 is 17.4 Å². The fourth-order valence-electron chi connectivity index (χ4n) is 1.77. The molecule has 0 spiro atoms. The van der Waals surface area contributed by atoms with Gasteiger partial charge in [0.1, 0.15) is 17.4 Å². The lowest BCUT2D eigenvalue weighted by Crippen LogP contribution is -2.37. The van der Waals surface area contributed by atoms with Crippen molar-refractivity contribution in [2.24, 2.45) is 0 Å². The lowest BCUT2D eigenvalue weighted by atomic mass is 10.0. The first-order valence-corrected chi connectivity index (χ1v) is 4.55. The molecule has 1 fully saturated rings. The minimum atomic E-state index is -1.40. The summed E-state index contributed by atoms with van der Waals surface area (Å²) in [5.74, 6) is -1.12. The van der Waals surface area contributed by atoms with Gasteiger partial charge < -0.3 is 5.11 Å². The van der Waals surface area contributed by atoms with E-state index in [1.54, 1.807) is 0 Å². The van der Waals surface area contributed by atoms with Crippen molar-refractivity contribution in [2.75, 3.05) is 6.54 Å². The summed E-state index contributed by atoms with van der Waals surface area (Å²) in [6.07, 6.45) is 1.17. The van der Waals surface area contributed by atoms with Crippen LogP contribution in [0.2, 0.25) is 0 Å². The summed E-state index contributed by atoms with van der Waals surface area (Å²) >= 11 is 0. The highest BCUT2D eigenvalue weighted by molar-refractivity contribution is 5.25. The number of aliphatic hydroxyl groups is 1. The van der Waals surface area contributed by atoms with E-state index in [9.17, 15) is 13.9 Å². The zero-order chi connectivity index (χ0) is 10.2. The zero-order valence-corrected chi connectivity index (χ0v) is 7.56. The molecule has 4 heteroatoms. The van der Waals surface area contributed by atoms with Crippen LogP contribution >= 0.6 is 0 Å². The van der Waals surface area contributed by atoms with Crippen molar-refractivity contribution in [3.05, 3.63) is 35.4 Å². The van der Waals surface area contributed by atoms with Crippen LogP contribution in [-0.4, -0.2) is 11.7 Å². The predicted octanol–water partition coefficient (Wildman–Crippen LogP) is 1.49. The van der Waals surface area contributed by atoms with Gasteiger partial charge in [-0.05, 0) is 37.6 Å². The number of nitrogens with one attached hydrogen (secondary N) is 1. The van der Waals surface area contributed by atoms with Gasteiger partial charge in [-0.1, -0.05) is 0 Å². The van der Waals surface area contributed by atoms with Crippen LogP contribution < -0.4 is 5.32 Å². The van der Waals surface area contributed by atoms with Crippen LogP contribution in [0.1, 0.15) is 18.4 Å². The van der Waals surface area contributed by atoms with Crippen molar-refractivity contribution in [1.29, 1.82) is 0 Å². The van der Waals surface area contributed by atoms with Crippen LogP contribution in [0, 0.1) is 11.6 Å². The standard InChI is InChI=1S/C10H11F2NO/c11-7-2-3-9(12)8(6-7)10(14)4-1-5-13-10/h2-3,6,13-14H,1,4-5H2. The fraction of sp³-hybridized carbons (Fsp3) is 0.400. The first-order valence-electron chi connectivity index (χ1n) is 4.55. The molecule has 1 aromatic carbocycles. The summed E-state index contributed by atoms with van der Waals surface area (Å²) in [6.45, 7) is 0.618. The van der Waals surface area contributed by atoms with E-state index in [1.807, 2.05) is 0 Å². The van der Waals surface area contributed by atoms with Gasteiger partial charge in [-0.3, -0.25) is 5.32 Å². The molecule has 2 nitrogen and oxygen atoms in total. The molecule has 2 N–H and O–H groups in total. The van der Waals surface area contributed by atoms with E-state index in [1.165, 1.54) is 0 Å². The Kier molecular flexibility index (Phi) is 2.25. The molecule has 0 aromatic heterocycles. The molecule has 1 aliphatic rings. The lowest BCUT2D eigenvalue weighted by molar-refractivity contribution is 0.0169. The van der Waals surface area contributed by atoms with Gasteiger partial charge in [-0.2, -0.15) is 0 Å². The second-order valence-corrected chi connectivity index (χ2v) is 3.51. The number of halogens is 2. The van der Waals surface area contributed by atoms with Crippen molar-refractivity contribution < 1.29 is 13.9 Å². The third kappa shape index (κ3) is 1.51. The van der Waals surface area contributed by atoms with Gasteiger partial charge in [0.25, 0.3) is 0 Å². The number of hydrogen-bond donors (Lipinski definition) is 2. The summed E-state index contributed by atoms with van der Waals surface area (Å²) in [5.41, 5.74) is -1.40. The van der Waals surface area contributed by atoms with E-state index in [2.05, 4.69) is 5.32 Å². The highest BCUT2D eigenvalue weighted by Crippen LogP contribution is 2.30. The maximum atomic E-state index is 13.3. The van der Waals surface area contributed by atoms with Gasteiger partial charge in [0.05, 0.1) is 0 Å². The van der Waals surface area contributed by atoms with Crippen LogP contribution in [0.25, 0.3) is 0 Å². The number of hydrogen-bond acceptors (Lipinski definition) is 2. The second-order valence-electron chi connectivity index (χ2n) is 3.51. The Morgan fingerprint density at radius 2 is 2.14 bits per heavy atom. The number of benzene rings is 1. The predicted molar refractivity (Wildman–Crippen MR) is 47.5 cm³/mol. The third-order valence-corrected chi connectivity index (χ3v) is 2.51. The van der Waals surface area contributed by atoms with E-state index in [0.29, 0.717) is 13.0 Å². The average Bonchev–Trinajstić information content (AvgIpc) is 2.58. The lowest BCUT2D eigenvalue weighted by Gasteiger charge is -2.23. The Morgan fingerprint density at radius 1 is 1.36 bits per heavy atom. The Balaban J connectivity index is 2.44. The highest BCUT2D eigenvalue weighted by Gasteiger charge is 2.35. The monoisotopic (exact) mass is 199 g/mol. The third-order valence-electron chi connectivity index (χ3n) is 2.51. The molecule has 0 radical (unpaired) electrons. The van der Waals surface area contributed by atoms with Crippen molar-refractivity contribution in [3.8, 4) is 0 Å². The van der Waals surface area contributed by atoms with Gasteiger partial charge in [0, 0.05) is 5.56 Å². The Labute approximate surface area is 80.6 Å². The molecular weight excluding hydrogens is 188 g/mol. The minimum absolute atomic E-state index is 0.00463. The largest absolute Gasteiger partial charge is 0.371 e. The van der Waals surface area contributed by atoms with Crippen molar-refractivity contribution in [1.82, 2.24) is 5.32 Å². The molecule has 0 saturated carbocycles. The molecule has 1 atom stereocenters. The zero-order valence-electron chi connectivity index (χ0n) is 7.56. The molecule has 1 aromatic rings. The molecule has 0 aliphatic carbocycles. The quantitative estimate of drug-likeness (QED) is 0.718. The van der Waals surface area contributed by atoms with Gasteiger partial charge >= 0.3 is 0 Å². The van der Waals surface area contributed by atoms with Crippen molar-refractivity contribution in [2.45, 2.75) is 18.6 Å². The first-order chi connectivity index (χ1) is 6.62. The van der Waals surface area contributed by atoms with E-state index in [4.69, 9.17) is 0 Å². The van der Waals surface area contributed by atoms with Crippen LogP contribution in [0.15, 0.2) is 18.2 Å². The minimum Gasteiger partial charge on any atom is -0.371 e. The topological polar surface area (TPSA) is 32.3 Å². The van der Waals surface area contributed by atoms with Crippen LogP contribution in [0.5, 0.6) is 0 Å². The molecule has 1 heterocycles. The average molecular weight is 199 g/mol. The summed E-state index contributed by atoms with van der Waals surface area (Å²) in [4.78, 5) is 0. The number of rotatable bonds is 1. The van der Waals surface area contributed by atoms with Crippen molar-refractivity contribution >= 4 is 0 Å². The van der Waals surface area contributed by atoms with Crippen molar-refractivity contribution in [3.63, 3.8) is 0 Å². The van der Waals surface area contributed by atoms with Crippen LogP contribution in [-0.2, 0) is 5.72 Å². The molecule has 2 rings (SSSR count). The van der Waals surface area contributed by atoms with E-state index >= 15 is 0 Å². The summed E-state index contributed by atoms with van der Waals surface area (Å²) < 4.78 is 26.2. The summed E-state index contributed by atoms with van der Waals surface area (Å²) in [5, 5.41) is 12.7. The summed E-state index contributed by atoms with van der Waals surface area (Å²) in [7, 11) is 0. The fourth-order valence-corrected chi connectivity index (χ4v) is 1.77. The van der Waals surface area contributed by atoms with Crippen LogP contribution in [0.3, 0.4) is 0 Å². The molecule has 1 saturated heterocycles. The van der Waals surface area contributed by atoms with Gasteiger partial charge in [-0.15, -0.1) is 0 Å². The Bertz CT molecular complexity index is 348.